The van der Waals surface area contributed by atoms with E-state index in [1.54, 1.807) is 12.4 Å². The fraction of sp³-hybridized carbons (Fsp3) is 0.357. The van der Waals surface area contributed by atoms with Crippen LogP contribution in [0.15, 0.2) is 42.7 Å². The van der Waals surface area contributed by atoms with Gasteiger partial charge in [-0.05, 0) is 56.0 Å². The van der Waals surface area contributed by atoms with Crippen LogP contribution in [0.3, 0.4) is 0 Å². The molecule has 2 aliphatic rings. The molecule has 1 amide bonds. The Morgan fingerprint density at radius 2 is 1.80 bits per heavy atom. The molecule has 2 N–H and O–H groups in total. The Morgan fingerprint density at radius 3 is 2.49 bits per heavy atom. The van der Waals surface area contributed by atoms with Gasteiger partial charge in [0, 0.05) is 54.0 Å². The van der Waals surface area contributed by atoms with Gasteiger partial charge >= 0.3 is 0 Å². The SMILES string of the molecule is CCC(=O)C1CC(Oc2ccc(C#Cc3cnc(NC)c4cnc(NC(=O)C5CC5)cc34)cc2)C1. The molecule has 5 rings (SSSR count). The maximum atomic E-state index is 12.2. The molecule has 0 atom stereocenters. The van der Waals surface area contributed by atoms with E-state index in [9.17, 15) is 9.59 Å². The summed E-state index contributed by atoms with van der Waals surface area (Å²) in [6.45, 7) is 1.91. The number of anilines is 2. The highest BCUT2D eigenvalue weighted by Crippen LogP contribution is 2.33. The lowest BCUT2D eigenvalue weighted by Crippen LogP contribution is -2.38. The summed E-state index contributed by atoms with van der Waals surface area (Å²) < 4.78 is 5.98. The molecule has 7 nitrogen and oxygen atoms in total. The number of benzene rings is 1. The normalized spacial score (nSPS) is 18.7. The number of amides is 1. The van der Waals surface area contributed by atoms with Gasteiger partial charge in [0.1, 0.15) is 29.3 Å². The number of pyridine rings is 2. The zero-order valence-corrected chi connectivity index (χ0v) is 19.9. The van der Waals surface area contributed by atoms with Crippen LogP contribution in [-0.4, -0.2) is 34.8 Å². The summed E-state index contributed by atoms with van der Waals surface area (Å²) >= 11 is 0. The number of fused-ring (bicyclic) bond motifs is 1. The van der Waals surface area contributed by atoms with Gasteiger partial charge in [-0.15, -0.1) is 0 Å². The van der Waals surface area contributed by atoms with Crippen LogP contribution in [0.25, 0.3) is 10.8 Å². The van der Waals surface area contributed by atoms with Crippen molar-refractivity contribution in [1.82, 2.24) is 9.97 Å². The zero-order valence-electron chi connectivity index (χ0n) is 19.9. The molecule has 2 saturated carbocycles. The highest BCUT2D eigenvalue weighted by molar-refractivity contribution is 5.99. The summed E-state index contributed by atoms with van der Waals surface area (Å²) in [6.07, 6.45) is 7.63. The van der Waals surface area contributed by atoms with Crippen molar-refractivity contribution in [3.8, 4) is 17.6 Å². The van der Waals surface area contributed by atoms with E-state index in [1.807, 2.05) is 44.3 Å². The molecule has 0 saturated heterocycles. The smallest absolute Gasteiger partial charge is 0.228 e. The van der Waals surface area contributed by atoms with Crippen LogP contribution in [0, 0.1) is 23.7 Å². The van der Waals surface area contributed by atoms with Crippen LogP contribution in [0.2, 0.25) is 0 Å². The van der Waals surface area contributed by atoms with Gasteiger partial charge in [0.05, 0.1) is 5.56 Å². The number of ketones is 1. The van der Waals surface area contributed by atoms with Gasteiger partial charge in [-0.3, -0.25) is 9.59 Å². The number of carbonyl (C=O) groups is 2. The van der Waals surface area contributed by atoms with Crippen LogP contribution >= 0.6 is 0 Å². The monoisotopic (exact) mass is 468 g/mol. The van der Waals surface area contributed by atoms with Crippen LogP contribution < -0.4 is 15.4 Å². The molecular formula is C28H28N4O3. The fourth-order valence-electron chi connectivity index (χ4n) is 4.24. The largest absolute Gasteiger partial charge is 0.490 e. The number of nitrogens with zero attached hydrogens (tertiary/aromatic N) is 2. The summed E-state index contributed by atoms with van der Waals surface area (Å²) in [5, 5.41) is 7.70. The van der Waals surface area contributed by atoms with Crippen molar-refractivity contribution < 1.29 is 14.3 Å². The molecule has 0 aliphatic heterocycles. The summed E-state index contributed by atoms with van der Waals surface area (Å²) in [6, 6.07) is 9.53. The Kier molecular flexibility index (Phi) is 6.37. The van der Waals surface area contributed by atoms with Crippen molar-refractivity contribution in [2.45, 2.75) is 45.1 Å². The van der Waals surface area contributed by atoms with E-state index in [0.29, 0.717) is 23.8 Å². The molecule has 0 bridgehead atoms. The predicted molar refractivity (Wildman–Crippen MR) is 135 cm³/mol. The maximum Gasteiger partial charge on any atom is 0.228 e. The van der Waals surface area contributed by atoms with Crippen molar-refractivity contribution in [1.29, 1.82) is 0 Å². The van der Waals surface area contributed by atoms with Crippen LogP contribution in [0.5, 0.6) is 5.75 Å². The molecule has 7 heteroatoms. The molecule has 1 aromatic carbocycles. The number of rotatable bonds is 7. The van der Waals surface area contributed by atoms with Crippen LogP contribution in [-0.2, 0) is 9.59 Å². The second-order valence-corrected chi connectivity index (χ2v) is 9.15. The second kappa shape index (κ2) is 9.75. The minimum absolute atomic E-state index is 0.0177. The summed E-state index contributed by atoms with van der Waals surface area (Å²) in [4.78, 5) is 32.8. The van der Waals surface area contributed by atoms with Crippen molar-refractivity contribution >= 4 is 34.1 Å². The van der Waals surface area contributed by atoms with Crippen molar-refractivity contribution in [2.75, 3.05) is 17.7 Å². The van der Waals surface area contributed by atoms with Crippen LogP contribution in [0.4, 0.5) is 11.6 Å². The molecule has 2 aliphatic carbocycles. The Hall–Kier alpha value is -3.92. The first-order valence-electron chi connectivity index (χ1n) is 12.1. The van der Waals surface area contributed by atoms with Gasteiger partial charge in [0.2, 0.25) is 5.91 Å². The highest BCUT2D eigenvalue weighted by Gasteiger charge is 2.34. The van der Waals surface area contributed by atoms with E-state index in [-0.39, 0.29) is 23.8 Å². The number of nitrogens with one attached hydrogen (secondary N) is 2. The van der Waals surface area contributed by atoms with Crippen molar-refractivity contribution in [2.24, 2.45) is 11.8 Å². The first kappa shape index (κ1) is 22.9. The standard InChI is InChI=1S/C28H28N4O3/c1-3-25(33)20-12-22(13-20)35-21-10-5-17(6-11-21)4-7-19-15-31-27(29-2)24-16-30-26(14-23(19)24)32-28(34)18-8-9-18/h5-6,10-11,14-16,18,20,22H,3,8-9,12-13H2,1-2H3,(H,29,31)(H,30,32,34). The van der Waals surface area contributed by atoms with Gasteiger partial charge < -0.3 is 15.4 Å². The topological polar surface area (TPSA) is 93.2 Å². The van der Waals surface area contributed by atoms with E-state index < -0.39 is 0 Å². The molecule has 178 valence electrons. The number of aromatic nitrogens is 2. The van der Waals surface area contributed by atoms with E-state index in [4.69, 9.17) is 4.74 Å². The summed E-state index contributed by atoms with van der Waals surface area (Å²) in [5.41, 5.74) is 1.61. The van der Waals surface area contributed by atoms with E-state index in [0.717, 1.165) is 53.3 Å². The lowest BCUT2D eigenvalue weighted by molar-refractivity contribution is -0.128. The van der Waals surface area contributed by atoms with E-state index >= 15 is 0 Å². The lowest BCUT2D eigenvalue weighted by atomic mass is 9.78. The zero-order chi connectivity index (χ0) is 24.4. The van der Waals surface area contributed by atoms with Crippen molar-refractivity contribution in [3.63, 3.8) is 0 Å². The molecule has 3 aromatic rings. The Morgan fingerprint density at radius 1 is 1.03 bits per heavy atom. The molecular weight excluding hydrogens is 440 g/mol. The molecule has 0 spiro atoms. The van der Waals surface area contributed by atoms with Gasteiger partial charge in [0.25, 0.3) is 0 Å². The Balaban J connectivity index is 1.32. The number of Topliss-reactive ketones (excluding diaryl/α,β-unsaturated/α-hetero) is 1. The second-order valence-electron chi connectivity index (χ2n) is 9.15. The molecule has 2 fully saturated rings. The Bertz CT molecular complexity index is 1330. The average molecular weight is 469 g/mol. The highest BCUT2D eigenvalue weighted by atomic mass is 16.5. The summed E-state index contributed by atoms with van der Waals surface area (Å²) in [5.74, 6) is 9.04. The molecule has 2 heterocycles. The van der Waals surface area contributed by atoms with E-state index in [2.05, 4.69) is 32.4 Å². The molecule has 2 aromatic heterocycles. The van der Waals surface area contributed by atoms with Gasteiger partial charge in [-0.1, -0.05) is 18.8 Å². The molecule has 35 heavy (non-hydrogen) atoms. The summed E-state index contributed by atoms with van der Waals surface area (Å²) in [7, 11) is 1.81. The predicted octanol–water partition coefficient (Wildman–Crippen LogP) is 4.56. The number of carbonyl (C=O) groups excluding carboxylic acids is 2. The minimum Gasteiger partial charge on any atom is -0.490 e. The molecule has 0 unspecified atom stereocenters. The third kappa shape index (κ3) is 5.12. The van der Waals surface area contributed by atoms with Crippen molar-refractivity contribution in [3.05, 3.63) is 53.9 Å². The lowest BCUT2D eigenvalue weighted by Gasteiger charge is -2.34. The quantitative estimate of drug-likeness (QED) is 0.494. The minimum atomic E-state index is 0.0177. The van der Waals surface area contributed by atoms with E-state index in [1.165, 1.54) is 0 Å². The van der Waals surface area contributed by atoms with Gasteiger partial charge in [-0.2, -0.15) is 0 Å². The maximum absolute atomic E-state index is 12.2. The van der Waals surface area contributed by atoms with Crippen LogP contribution in [0.1, 0.15) is 50.2 Å². The third-order valence-electron chi connectivity index (χ3n) is 6.61. The number of hydrogen-bond donors (Lipinski definition) is 2. The number of ether oxygens (including phenoxy) is 1. The molecule has 0 radical (unpaired) electrons. The first-order chi connectivity index (χ1) is 17.0. The first-order valence-corrected chi connectivity index (χ1v) is 12.1. The fourth-order valence-corrected chi connectivity index (χ4v) is 4.24. The number of hydrogen-bond acceptors (Lipinski definition) is 6. The van der Waals surface area contributed by atoms with Gasteiger partial charge in [0.15, 0.2) is 0 Å². The Labute approximate surface area is 204 Å². The average Bonchev–Trinajstić information content (AvgIpc) is 3.70. The third-order valence-corrected chi connectivity index (χ3v) is 6.61. The van der Waals surface area contributed by atoms with Gasteiger partial charge in [-0.25, -0.2) is 9.97 Å².